The lowest BCUT2D eigenvalue weighted by molar-refractivity contribution is -0.920. The van der Waals surface area contributed by atoms with Crippen LogP contribution in [0.5, 0.6) is 0 Å². The molecule has 0 spiro atoms. The minimum atomic E-state index is -0.286. The number of unbranched alkanes of at least 4 members (excludes halogenated alkanes) is 15. The molecule has 5 nitrogen and oxygen atoms in total. The number of hydrogen-bond donors (Lipinski definition) is 0. The Morgan fingerprint density at radius 3 is 1.89 bits per heavy atom. The average molecular weight is 583 g/mol. The van der Waals surface area contributed by atoms with Gasteiger partial charge in [-0.25, -0.2) is 0 Å². The van der Waals surface area contributed by atoms with Gasteiger partial charge in [-0.05, 0) is 13.0 Å². The first-order valence-electron chi connectivity index (χ1n) is 15.3. The summed E-state index contributed by atoms with van der Waals surface area (Å²) in [5.74, 6) is 0. The fourth-order valence-corrected chi connectivity index (χ4v) is 5.76. The van der Waals surface area contributed by atoms with E-state index in [0.717, 1.165) is 36.2 Å². The van der Waals surface area contributed by atoms with Crippen LogP contribution in [-0.2, 0) is 6.54 Å². The molecule has 1 heterocycles. The summed E-state index contributed by atoms with van der Waals surface area (Å²) in [4.78, 5) is 13.5. The van der Waals surface area contributed by atoms with Crippen LogP contribution in [0.15, 0.2) is 24.3 Å². The molecular formula is C31H56BrN3O2. The molecule has 0 saturated carbocycles. The monoisotopic (exact) mass is 581 g/mol. The summed E-state index contributed by atoms with van der Waals surface area (Å²) >= 11 is 0. The number of halogens is 1. The first-order valence-corrected chi connectivity index (χ1v) is 15.3. The van der Waals surface area contributed by atoms with Crippen molar-refractivity contribution in [2.24, 2.45) is 0 Å². The molecule has 0 radical (unpaired) electrons. The molecule has 0 amide bonds. The van der Waals surface area contributed by atoms with Gasteiger partial charge in [0.2, 0.25) is 0 Å². The molecule has 1 unspecified atom stereocenters. The molecule has 37 heavy (non-hydrogen) atoms. The third-order valence-corrected chi connectivity index (χ3v) is 8.14. The molecular weight excluding hydrogens is 526 g/mol. The van der Waals surface area contributed by atoms with Crippen LogP contribution in [0.1, 0.15) is 122 Å². The highest BCUT2D eigenvalue weighted by atomic mass is 79.9. The molecule has 1 atom stereocenters. The lowest BCUT2D eigenvalue weighted by Gasteiger charge is -2.33. The number of rotatable bonds is 20. The zero-order chi connectivity index (χ0) is 25.9. The Labute approximate surface area is 238 Å². The van der Waals surface area contributed by atoms with Crippen LogP contribution in [0.4, 0.5) is 5.69 Å². The SMILES string of the molecule is CCCCCCCCCCCCCCCCCCN1CCC[N+](C)(Cc2cccc([N+](=O)[O-])c2)CC1.[Br-]. The van der Waals surface area contributed by atoms with Gasteiger partial charge >= 0.3 is 0 Å². The second-order valence-corrected chi connectivity index (χ2v) is 11.7. The van der Waals surface area contributed by atoms with E-state index in [1.54, 1.807) is 12.1 Å². The van der Waals surface area contributed by atoms with Gasteiger partial charge in [0.15, 0.2) is 0 Å². The average Bonchev–Trinajstić information content (AvgIpc) is 3.05. The molecule has 0 bridgehead atoms. The number of likely N-dealkylation sites (N-methyl/N-ethyl adjacent to an activating group) is 1. The van der Waals surface area contributed by atoms with Gasteiger partial charge in [-0.2, -0.15) is 0 Å². The molecule has 1 aromatic carbocycles. The van der Waals surface area contributed by atoms with Gasteiger partial charge in [-0.3, -0.25) is 15.0 Å². The molecule has 2 rings (SSSR count). The number of nitro groups is 1. The zero-order valence-electron chi connectivity index (χ0n) is 24.1. The predicted octanol–water partition coefficient (Wildman–Crippen LogP) is 5.51. The van der Waals surface area contributed by atoms with Crippen molar-refractivity contribution in [2.75, 3.05) is 39.8 Å². The largest absolute Gasteiger partial charge is 1.00 e. The van der Waals surface area contributed by atoms with Crippen LogP contribution in [0.3, 0.4) is 0 Å². The smallest absolute Gasteiger partial charge is 0.269 e. The minimum Gasteiger partial charge on any atom is -1.00 e. The minimum absolute atomic E-state index is 0. The second-order valence-electron chi connectivity index (χ2n) is 11.7. The quantitative estimate of drug-likeness (QED) is 0.0882. The summed E-state index contributed by atoms with van der Waals surface area (Å²) < 4.78 is 0.983. The van der Waals surface area contributed by atoms with Crippen molar-refractivity contribution in [1.29, 1.82) is 0 Å². The normalized spacial score (nSPS) is 18.3. The molecule has 6 heteroatoms. The molecule has 1 aliphatic heterocycles. The summed E-state index contributed by atoms with van der Waals surface area (Å²) in [6.07, 6.45) is 23.9. The Bertz CT molecular complexity index is 717. The molecule has 214 valence electrons. The topological polar surface area (TPSA) is 46.4 Å². The van der Waals surface area contributed by atoms with E-state index >= 15 is 0 Å². The highest BCUT2D eigenvalue weighted by Gasteiger charge is 2.27. The maximum atomic E-state index is 11.1. The predicted molar refractivity (Wildman–Crippen MR) is 153 cm³/mol. The van der Waals surface area contributed by atoms with E-state index in [0.29, 0.717) is 0 Å². The molecule has 0 N–H and O–H groups in total. The van der Waals surface area contributed by atoms with E-state index in [-0.39, 0.29) is 27.6 Å². The number of hydrogen-bond acceptors (Lipinski definition) is 3. The molecule has 1 fully saturated rings. The van der Waals surface area contributed by atoms with Gasteiger partial charge < -0.3 is 21.5 Å². The first kappa shape index (κ1) is 34.0. The van der Waals surface area contributed by atoms with Crippen molar-refractivity contribution in [3.63, 3.8) is 0 Å². The van der Waals surface area contributed by atoms with E-state index in [4.69, 9.17) is 0 Å². The third kappa shape index (κ3) is 15.9. The van der Waals surface area contributed by atoms with Crippen molar-refractivity contribution < 1.29 is 26.4 Å². The Morgan fingerprint density at radius 2 is 1.35 bits per heavy atom. The van der Waals surface area contributed by atoms with Gasteiger partial charge in [0.1, 0.15) is 6.54 Å². The van der Waals surface area contributed by atoms with Crippen LogP contribution in [0, 0.1) is 10.1 Å². The van der Waals surface area contributed by atoms with Crippen LogP contribution in [0.25, 0.3) is 0 Å². The highest BCUT2D eigenvalue weighted by molar-refractivity contribution is 5.33. The Balaban J connectivity index is 0.00000684. The van der Waals surface area contributed by atoms with Crippen LogP contribution in [0.2, 0.25) is 0 Å². The fraction of sp³-hybridized carbons (Fsp3) is 0.806. The number of quaternary nitrogens is 1. The second kappa shape index (κ2) is 20.9. The van der Waals surface area contributed by atoms with E-state index < -0.39 is 0 Å². The first-order chi connectivity index (χ1) is 17.5. The Morgan fingerprint density at radius 1 is 0.811 bits per heavy atom. The maximum absolute atomic E-state index is 11.1. The fourth-order valence-electron chi connectivity index (χ4n) is 5.76. The lowest BCUT2D eigenvalue weighted by Crippen LogP contribution is -3.00. The summed E-state index contributed by atoms with van der Waals surface area (Å²) in [6.45, 7) is 9.02. The van der Waals surface area contributed by atoms with Crippen LogP contribution in [-0.4, -0.2) is 54.1 Å². The van der Waals surface area contributed by atoms with Gasteiger partial charge in [0.25, 0.3) is 5.69 Å². The van der Waals surface area contributed by atoms with Crippen LogP contribution < -0.4 is 17.0 Å². The Kier molecular flexibility index (Phi) is 19.2. The maximum Gasteiger partial charge on any atom is 0.269 e. The standard InChI is InChI=1S/C31H56N3O2.BrH/c1-3-4-5-6-7-8-9-10-11-12-13-14-15-16-17-18-23-32-24-20-26-34(2,27-25-32)29-30-21-19-22-31(28-30)33(35)36;/h19,21-22,28H,3-18,20,23-27,29H2,1-2H3;1H/q+1;/p-1. The molecule has 1 aliphatic rings. The van der Waals surface area contributed by atoms with E-state index in [1.807, 2.05) is 12.1 Å². The summed E-state index contributed by atoms with van der Waals surface area (Å²) in [7, 11) is 2.32. The van der Waals surface area contributed by atoms with Gasteiger partial charge in [0.05, 0.1) is 25.1 Å². The van der Waals surface area contributed by atoms with Gasteiger partial charge in [-0.15, -0.1) is 0 Å². The van der Waals surface area contributed by atoms with E-state index in [1.165, 1.54) is 122 Å². The Hall–Kier alpha value is -0.980. The third-order valence-electron chi connectivity index (χ3n) is 8.14. The van der Waals surface area contributed by atoms with Crippen molar-refractivity contribution >= 4 is 5.69 Å². The highest BCUT2D eigenvalue weighted by Crippen LogP contribution is 2.20. The van der Waals surface area contributed by atoms with Crippen molar-refractivity contribution in [3.05, 3.63) is 39.9 Å². The van der Waals surface area contributed by atoms with Crippen LogP contribution >= 0.6 is 0 Å². The van der Waals surface area contributed by atoms with Crippen molar-refractivity contribution in [3.8, 4) is 0 Å². The number of nitrogens with zero attached hydrogens (tertiary/aromatic N) is 3. The van der Waals surface area contributed by atoms with Crippen molar-refractivity contribution in [1.82, 2.24) is 4.90 Å². The number of benzene rings is 1. The van der Waals surface area contributed by atoms with E-state index in [9.17, 15) is 10.1 Å². The summed E-state index contributed by atoms with van der Waals surface area (Å²) in [5.41, 5.74) is 1.29. The summed E-state index contributed by atoms with van der Waals surface area (Å²) in [6, 6.07) is 7.20. The zero-order valence-corrected chi connectivity index (χ0v) is 25.7. The molecule has 0 aliphatic carbocycles. The number of non-ortho nitro benzene ring substituents is 1. The summed E-state index contributed by atoms with van der Waals surface area (Å²) in [5, 5.41) is 11.1. The van der Waals surface area contributed by atoms with Gasteiger partial charge in [-0.1, -0.05) is 115 Å². The van der Waals surface area contributed by atoms with Gasteiger partial charge in [0, 0.05) is 37.2 Å². The molecule has 1 aromatic rings. The molecule has 1 saturated heterocycles. The number of nitro benzene ring substituents is 1. The van der Waals surface area contributed by atoms with Crippen molar-refractivity contribution in [2.45, 2.75) is 123 Å². The molecule has 0 aromatic heterocycles. The van der Waals surface area contributed by atoms with E-state index in [2.05, 4.69) is 18.9 Å². The lowest BCUT2D eigenvalue weighted by atomic mass is 10.0.